The number of halogens is 1. The minimum absolute atomic E-state index is 0.00342. The van der Waals surface area contributed by atoms with E-state index in [1.165, 1.54) is 12.1 Å². The van der Waals surface area contributed by atoms with Crippen molar-refractivity contribution in [3.05, 3.63) is 58.7 Å². The monoisotopic (exact) mass is 466 g/mol. The molecule has 0 aliphatic carbocycles. The van der Waals surface area contributed by atoms with Crippen molar-refractivity contribution >= 4 is 42.8 Å². The fraction of sp³-hybridized carbons (Fsp3) is 0.211. The number of hydrogen-bond donors (Lipinski definition) is 3. The van der Waals surface area contributed by atoms with E-state index in [1.807, 2.05) is 24.3 Å². The van der Waals surface area contributed by atoms with E-state index in [4.69, 9.17) is 4.74 Å². The number of ether oxygens (including phenoxy) is 1. The lowest BCUT2D eigenvalue weighted by Gasteiger charge is -2.17. The highest BCUT2D eigenvalue weighted by Gasteiger charge is 2.29. The first-order valence-electron chi connectivity index (χ1n) is 8.54. The SMILES string of the molecule is CCOc1ccc(Br)cc1S(=O)(=O)NC(Cc1c[nH]c2ccccc12)C(=O)O. The van der Waals surface area contributed by atoms with Crippen LogP contribution in [0.5, 0.6) is 5.75 Å². The molecular formula is C19H19BrN2O5S. The molecule has 0 bridgehead atoms. The van der Waals surface area contributed by atoms with E-state index in [-0.39, 0.29) is 23.7 Å². The molecule has 7 nitrogen and oxygen atoms in total. The average molecular weight is 467 g/mol. The number of carbonyl (C=O) groups is 1. The number of benzene rings is 2. The number of nitrogens with one attached hydrogen (secondary N) is 2. The summed E-state index contributed by atoms with van der Waals surface area (Å²) in [5.41, 5.74) is 1.57. The molecule has 1 unspecified atom stereocenters. The summed E-state index contributed by atoms with van der Waals surface area (Å²) >= 11 is 3.24. The predicted octanol–water partition coefficient (Wildman–Crippen LogP) is 3.30. The van der Waals surface area contributed by atoms with Crippen LogP contribution in [-0.2, 0) is 21.2 Å². The smallest absolute Gasteiger partial charge is 0.322 e. The first-order chi connectivity index (χ1) is 13.3. The summed E-state index contributed by atoms with van der Waals surface area (Å²) in [6, 6.07) is 10.7. The van der Waals surface area contributed by atoms with Crippen LogP contribution in [0.15, 0.2) is 58.0 Å². The maximum atomic E-state index is 12.9. The number of H-pyrrole nitrogens is 1. The zero-order valence-electron chi connectivity index (χ0n) is 15.0. The number of fused-ring (bicyclic) bond motifs is 1. The number of para-hydroxylation sites is 1. The second kappa shape index (κ2) is 8.34. The van der Waals surface area contributed by atoms with Crippen LogP contribution in [0.1, 0.15) is 12.5 Å². The van der Waals surface area contributed by atoms with Gasteiger partial charge in [0.25, 0.3) is 0 Å². The van der Waals surface area contributed by atoms with Gasteiger partial charge in [-0.05, 0) is 36.8 Å². The van der Waals surface area contributed by atoms with Gasteiger partial charge < -0.3 is 14.8 Å². The number of carboxylic acids is 1. The number of aromatic nitrogens is 1. The van der Waals surface area contributed by atoms with Gasteiger partial charge in [0.2, 0.25) is 10.0 Å². The Morgan fingerprint density at radius 2 is 2.04 bits per heavy atom. The summed E-state index contributed by atoms with van der Waals surface area (Å²) in [6.07, 6.45) is 1.69. The Morgan fingerprint density at radius 3 is 2.75 bits per heavy atom. The third kappa shape index (κ3) is 4.37. The van der Waals surface area contributed by atoms with Gasteiger partial charge in [0.05, 0.1) is 6.61 Å². The Bertz CT molecular complexity index is 1110. The van der Waals surface area contributed by atoms with E-state index in [1.54, 1.807) is 19.2 Å². The first-order valence-corrected chi connectivity index (χ1v) is 10.8. The molecule has 3 rings (SSSR count). The highest BCUT2D eigenvalue weighted by Crippen LogP contribution is 2.28. The van der Waals surface area contributed by atoms with Crippen LogP contribution in [0.4, 0.5) is 0 Å². The Morgan fingerprint density at radius 1 is 1.29 bits per heavy atom. The Hall–Kier alpha value is -2.36. The predicted molar refractivity (Wildman–Crippen MR) is 109 cm³/mol. The first kappa shape index (κ1) is 20.4. The summed E-state index contributed by atoms with van der Waals surface area (Å²) < 4.78 is 34.0. The molecule has 2 aromatic carbocycles. The number of aliphatic carboxylic acids is 1. The molecule has 1 atom stereocenters. The van der Waals surface area contributed by atoms with Gasteiger partial charge in [-0.3, -0.25) is 4.79 Å². The third-order valence-corrected chi connectivity index (χ3v) is 6.18. The molecule has 0 saturated carbocycles. The number of carboxylic acid groups (broad SMARTS) is 1. The van der Waals surface area contributed by atoms with Crippen LogP contribution >= 0.6 is 15.9 Å². The Balaban J connectivity index is 1.92. The van der Waals surface area contributed by atoms with Crippen LogP contribution in [0.3, 0.4) is 0 Å². The van der Waals surface area contributed by atoms with Gasteiger partial charge in [-0.15, -0.1) is 0 Å². The van der Waals surface area contributed by atoms with Gasteiger partial charge in [-0.25, -0.2) is 8.42 Å². The Labute approximate surface area is 170 Å². The largest absolute Gasteiger partial charge is 0.492 e. The lowest BCUT2D eigenvalue weighted by molar-refractivity contribution is -0.138. The molecule has 0 radical (unpaired) electrons. The van der Waals surface area contributed by atoms with Crippen molar-refractivity contribution in [3.8, 4) is 5.75 Å². The van der Waals surface area contributed by atoms with Gasteiger partial charge in [-0.1, -0.05) is 34.1 Å². The summed E-state index contributed by atoms with van der Waals surface area (Å²) in [7, 11) is -4.13. The maximum absolute atomic E-state index is 12.9. The molecule has 148 valence electrons. The molecule has 0 spiro atoms. The van der Waals surface area contributed by atoms with Crippen molar-refractivity contribution in [1.82, 2.24) is 9.71 Å². The minimum Gasteiger partial charge on any atom is -0.492 e. The van der Waals surface area contributed by atoms with Gasteiger partial charge in [-0.2, -0.15) is 4.72 Å². The molecule has 3 aromatic rings. The molecule has 9 heteroatoms. The summed E-state index contributed by atoms with van der Waals surface area (Å²) in [5.74, 6) is -1.10. The average Bonchev–Trinajstić information content (AvgIpc) is 3.05. The highest BCUT2D eigenvalue weighted by atomic mass is 79.9. The topological polar surface area (TPSA) is 108 Å². The van der Waals surface area contributed by atoms with Crippen LogP contribution in [0, 0.1) is 0 Å². The van der Waals surface area contributed by atoms with E-state index in [0.29, 0.717) is 10.0 Å². The minimum atomic E-state index is -4.13. The van der Waals surface area contributed by atoms with Crippen molar-refractivity contribution < 1.29 is 23.1 Å². The van der Waals surface area contributed by atoms with E-state index in [9.17, 15) is 18.3 Å². The molecular weight excluding hydrogens is 448 g/mol. The molecule has 3 N–H and O–H groups in total. The molecule has 0 amide bonds. The van der Waals surface area contributed by atoms with Gasteiger partial charge >= 0.3 is 5.97 Å². The van der Waals surface area contributed by atoms with Crippen LogP contribution in [0.25, 0.3) is 10.9 Å². The standard InChI is InChI=1S/C19H19BrN2O5S/c1-2-27-17-8-7-13(20)10-18(17)28(25,26)22-16(19(23)24)9-12-11-21-15-6-4-3-5-14(12)15/h3-8,10-11,16,21-22H,2,9H2,1H3,(H,23,24). The van der Waals surface area contributed by atoms with Crippen molar-refractivity contribution in [2.75, 3.05) is 6.61 Å². The fourth-order valence-electron chi connectivity index (χ4n) is 2.92. The van der Waals surface area contributed by atoms with Crippen LogP contribution in [-0.4, -0.2) is 37.1 Å². The van der Waals surface area contributed by atoms with Gasteiger partial charge in [0.15, 0.2) is 0 Å². The van der Waals surface area contributed by atoms with Crippen LogP contribution in [0.2, 0.25) is 0 Å². The maximum Gasteiger partial charge on any atom is 0.322 e. The zero-order chi connectivity index (χ0) is 20.3. The summed E-state index contributed by atoms with van der Waals surface area (Å²) in [6.45, 7) is 2.02. The molecule has 0 aliphatic heterocycles. The van der Waals surface area contributed by atoms with Crippen molar-refractivity contribution in [3.63, 3.8) is 0 Å². The van der Waals surface area contributed by atoms with E-state index in [0.717, 1.165) is 10.9 Å². The Kier molecular flexibility index (Phi) is 6.07. The number of rotatable bonds is 8. The van der Waals surface area contributed by atoms with Crippen LogP contribution < -0.4 is 9.46 Å². The van der Waals surface area contributed by atoms with E-state index < -0.39 is 22.0 Å². The number of aromatic amines is 1. The van der Waals surface area contributed by atoms with Crippen molar-refractivity contribution in [1.29, 1.82) is 0 Å². The third-order valence-electron chi connectivity index (χ3n) is 4.19. The zero-order valence-corrected chi connectivity index (χ0v) is 17.4. The molecule has 1 heterocycles. The lowest BCUT2D eigenvalue weighted by atomic mass is 10.1. The molecule has 0 fully saturated rings. The fourth-order valence-corrected chi connectivity index (χ4v) is 4.79. The second-order valence-corrected chi connectivity index (χ2v) is 8.70. The van der Waals surface area contributed by atoms with E-state index in [2.05, 4.69) is 25.6 Å². The van der Waals surface area contributed by atoms with Crippen molar-refractivity contribution in [2.45, 2.75) is 24.3 Å². The normalized spacial score (nSPS) is 12.8. The summed E-state index contributed by atoms with van der Waals surface area (Å²) in [5, 5.41) is 10.5. The van der Waals surface area contributed by atoms with Crippen molar-refractivity contribution in [2.24, 2.45) is 0 Å². The number of hydrogen-bond acceptors (Lipinski definition) is 4. The molecule has 0 saturated heterocycles. The lowest BCUT2D eigenvalue weighted by Crippen LogP contribution is -2.42. The molecule has 1 aromatic heterocycles. The van der Waals surface area contributed by atoms with Gasteiger partial charge in [0, 0.05) is 28.0 Å². The highest BCUT2D eigenvalue weighted by molar-refractivity contribution is 9.10. The number of sulfonamides is 1. The molecule has 0 aliphatic rings. The van der Waals surface area contributed by atoms with E-state index >= 15 is 0 Å². The van der Waals surface area contributed by atoms with Gasteiger partial charge in [0.1, 0.15) is 16.7 Å². The summed E-state index contributed by atoms with van der Waals surface area (Å²) in [4.78, 5) is 14.7. The second-order valence-electron chi connectivity index (χ2n) is 6.10. The quantitative estimate of drug-likeness (QED) is 0.471. The molecule has 28 heavy (non-hydrogen) atoms.